The van der Waals surface area contributed by atoms with Gasteiger partial charge in [0.1, 0.15) is 6.33 Å². The smallest absolute Gasteiger partial charge is 0.234 e. The Balaban J connectivity index is 1.61. The minimum absolute atomic E-state index is 0.198. The summed E-state index contributed by atoms with van der Waals surface area (Å²) in [6.07, 6.45) is 3.97. The molecule has 1 N–H and O–H groups in total. The number of hydrogen-bond donors (Lipinski definition) is 1. The minimum Gasteiger partial charge on any atom is -0.324 e. The largest absolute Gasteiger partial charge is 0.324 e. The first kappa shape index (κ1) is 15.9. The standard InChI is InChI=1S/C13H11Cl3N4OS/c14-8-3-10(16)11(4-9(8)15)18-12(21)5-22-13-19-17-6-20(13)7-1-2-7/h3-4,6-7H,1-2,5H2,(H,18,21). The maximum atomic E-state index is 12.0. The molecule has 1 aliphatic carbocycles. The summed E-state index contributed by atoms with van der Waals surface area (Å²) in [5.74, 6) is 0.0118. The van der Waals surface area contributed by atoms with E-state index in [1.54, 1.807) is 6.33 Å². The highest BCUT2D eigenvalue weighted by atomic mass is 35.5. The molecule has 0 unspecified atom stereocenters. The molecule has 0 atom stereocenters. The first-order chi connectivity index (χ1) is 10.5. The van der Waals surface area contributed by atoms with Gasteiger partial charge in [0.05, 0.1) is 26.5 Å². The monoisotopic (exact) mass is 376 g/mol. The van der Waals surface area contributed by atoms with E-state index in [9.17, 15) is 4.79 Å². The highest BCUT2D eigenvalue weighted by molar-refractivity contribution is 7.99. The molecule has 1 aromatic carbocycles. The van der Waals surface area contributed by atoms with Crippen LogP contribution >= 0.6 is 46.6 Å². The van der Waals surface area contributed by atoms with E-state index in [4.69, 9.17) is 34.8 Å². The first-order valence-corrected chi connectivity index (χ1v) is 8.63. The van der Waals surface area contributed by atoms with Crippen LogP contribution in [0.4, 0.5) is 5.69 Å². The minimum atomic E-state index is -0.198. The molecule has 1 saturated carbocycles. The first-order valence-electron chi connectivity index (χ1n) is 6.51. The van der Waals surface area contributed by atoms with Crippen molar-refractivity contribution in [3.05, 3.63) is 33.5 Å². The number of carbonyl (C=O) groups is 1. The molecule has 5 nitrogen and oxygen atoms in total. The van der Waals surface area contributed by atoms with Crippen LogP contribution in [0.2, 0.25) is 15.1 Å². The number of nitrogens with one attached hydrogen (secondary N) is 1. The van der Waals surface area contributed by atoms with Crippen LogP contribution in [-0.2, 0) is 4.79 Å². The van der Waals surface area contributed by atoms with Crippen molar-refractivity contribution < 1.29 is 4.79 Å². The van der Waals surface area contributed by atoms with Gasteiger partial charge < -0.3 is 9.88 Å². The average Bonchev–Trinajstić information content (AvgIpc) is 3.21. The fraction of sp³-hybridized carbons (Fsp3) is 0.308. The maximum absolute atomic E-state index is 12.0. The number of nitrogens with zero attached hydrogens (tertiary/aromatic N) is 3. The van der Waals surface area contributed by atoms with E-state index in [-0.39, 0.29) is 11.7 Å². The zero-order chi connectivity index (χ0) is 15.7. The number of rotatable bonds is 5. The molecule has 0 saturated heterocycles. The van der Waals surface area contributed by atoms with Gasteiger partial charge >= 0.3 is 0 Å². The van der Waals surface area contributed by atoms with Gasteiger partial charge in [-0.05, 0) is 25.0 Å². The summed E-state index contributed by atoms with van der Waals surface area (Å²) in [5, 5.41) is 12.4. The second-order valence-corrected chi connectivity index (χ2v) is 7.00. The van der Waals surface area contributed by atoms with E-state index >= 15 is 0 Å². The number of amides is 1. The van der Waals surface area contributed by atoms with Crippen LogP contribution in [0.3, 0.4) is 0 Å². The van der Waals surface area contributed by atoms with E-state index in [1.165, 1.54) is 23.9 Å². The summed E-state index contributed by atoms with van der Waals surface area (Å²) in [6.45, 7) is 0. The Morgan fingerprint density at radius 1 is 1.27 bits per heavy atom. The molecular formula is C13H11Cl3N4OS. The van der Waals surface area contributed by atoms with Crippen molar-refractivity contribution in [2.45, 2.75) is 24.0 Å². The number of carbonyl (C=O) groups excluding carboxylic acids is 1. The van der Waals surface area contributed by atoms with Crippen molar-refractivity contribution in [3.63, 3.8) is 0 Å². The van der Waals surface area contributed by atoms with Crippen molar-refractivity contribution in [2.24, 2.45) is 0 Å². The van der Waals surface area contributed by atoms with Crippen LogP contribution in [0.1, 0.15) is 18.9 Å². The van der Waals surface area contributed by atoms with E-state index in [0.717, 1.165) is 18.0 Å². The van der Waals surface area contributed by atoms with Crippen LogP contribution in [-0.4, -0.2) is 26.4 Å². The highest BCUT2D eigenvalue weighted by Crippen LogP contribution is 2.37. The Kier molecular flexibility index (Phi) is 4.82. The quantitative estimate of drug-likeness (QED) is 0.623. The second kappa shape index (κ2) is 6.66. The third kappa shape index (κ3) is 3.68. The van der Waals surface area contributed by atoms with Crippen molar-refractivity contribution in [1.82, 2.24) is 14.8 Å². The Morgan fingerprint density at radius 3 is 2.73 bits per heavy atom. The Hall–Kier alpha value is -0.950. The normalized spacial score (nSPS) is 14.1. The molecule has 1 fully saturated rings. The van der Waals surface area contributed by atoms with Gasteiger partial charge in [-0.15, -0.1) is 10.2 Å². The van der Waals surface area contributed by atoms with Crippen molar-refractivity contribution in [2.75, 3.05) is 11.1 Å². The Bertz CT molecular complexity index is 717. The molecule has 0 bridgehead atoms. The van der Waals surface area contributed by atoms with Crippen LogP contribution in [0, 0.1) is 0 Å². The van der Waals surface area contributed by atoms with E-state index in [2.05, 4.69) is 15.5 Å². The maximum Gasteiger partial charge on any atom is 0.234 e. The molecule has 1 heterocycles. The van der Waals surface area contributed by atoms with E-state index in [1.807, 2.05) is 4.57 Å². The molecule has 0 radical (unpaired) electrons. The molecule has 1 aromatic heterocycles. The number of aromatic nitrogens is 3. The third-order valence-corrected chi connectivity index (χ3v) is 5.09. The predicted octanol–water partition coefficient (Wildman–Crippen LogP) is 4.30. The third-order valence-electron chi connectivity index (χ3n) is 3.10. The van der Waals surface area contributed by atoms with Gasteiger partial charge in [-0.2, -0.15) is 0 Å². The lowest BCUT2D eigenvalue weighted by atomic mass is 10.3. The Morgan fingerprint density at radius 2 is 2.00 bits per heavy atom. The highest BCUT2D eigenvalue weighted by Gasteiger charge is 2.26. The van der Waals surface area contributed by atoms with Crippen LogP contribution in [0.5, 0.6) is 0 Å². The van der Waals surface area contributed by atoms with Crippen LogP contribution < -0.4 is 5.32 Å². The molecule has 2 aromatic rings. The molecule has 1 aliphatic rings. The van der Waals surface area contributed by atoms with E-state index < -0.39 is 0 Å². The predicted molar refractivity (Wildman–Crippen MR) is 89.1 cm³/mol. The Labute approximate surface area is 146 Å². The summed E-state index contributed by atoms with van der Waals surface area (Å²) in [5.41, 5.74) is 0.435. The fourth-order valence-corrected chi connectivity index (χ4v) is 3.25. The van der Waals surface area contributed by atoms with Crippen molar-refractivity contribution in [1.29, 1.82) is 0 Å². The molecular weight excluding hydrogens is 367 g/mol. The summed E-state index contributed by atoms with van der Waals surface area (Å²) in [4.78, 5) is 12.0. The SMILES string of the molecule is O=C(CSc1nncn1C1CC1)Nc1cc(Cl)c(Cl)cc1Cl. The van der Waals surface area contributed by atoms with Gasteiger partial charge in [0.2, 0.25) is 5.91 Å². The molecule has 22 heavy (non-hydrogen) atoms. The van der Waals surface area contributed by atoms with Crippen LogP contribution in [0.15, 0.2) is 23.6 Å². The number of benzene rings is 1. The van der Waals surface area contributed by atoms with Gasteiger partial charge in [0.15, 0.2) is 5.16 Å². The average molecular weight is 378 g/mol. The number of anilines is 1. The summed E-state index contributed by atoms with van der Waals surface area (Å²) >= 11 is 19.1. The van der Waals surface area contributed by atoms with Gasteiger partial charge in [0, 0.05) is 6.04 Å². The lowest BCUT2D eigenvalue weighted by Crippen LogP contribution is -2.15. The zero-order valence-electron chi connectivity index (χ0n) is 11.2. The summed E-state index contributed by atoms with van der Waals surface area (Å²) in [7, 11) is 0. The lowest BCUT2D eigenvalue weighted by Gasteiger charge is -2.09. The molecule has 0 aliphatic heterocycles. The lowest BCUT2D eigenvalue weighted by molar-refractivity contribution is -0.113. The van der Waals surface area contributed by atoms with Crippen LogP contribution in [0.25, 0.3) is 0 Å². The molecule has 9 heteroatoms. The fourth-order valence-electron chi connectivity index (χ4n) is 1.87. The second-order valence-electron chi connectivity index (χ2n) is 4.83. The summed E-state index contributed by atoms with van der Waals surface area (Å²) < 4.78 is 2.00. The van der Waals surface area contributed by atoms with Gasteiger partial charge in [0.25, 0.3) is 0 Å². The molecule has 1 amide bonds. The molecule has 116 valence electrons. The van der Waals surface area contributed by atoms with E-state index in [0.29, 0.717) is 26.8 Å². The number of halogens is 3. The molecule has 3 rings (SSSR count). The van der Waals surface area contributed by atoms with Crippen molar-refractivity contribution >= 4 is 58.2 Å². The van der Waals surface area contributed by atoms with Crippen molar-refractivity contribution in [3.8, 4) is 0 Å². The van der Waals surface area contributed by atoms with Gasteiger partial charge in [-0.1, -0.05) is 46.6 Å². The number of thioether (sulfide) groups is 1. The summed E-state index contributed by atoms with van der Waals surface area (Å²) in [6, 6.07) is 3.50. The molecule has 0 spiro atoms. The van der Waals surface area contributed by atoms with Gasteiger partial charge in [-0.3, -0.25) is 4.79 Å². The zero-order valence-corrected chi connectivity index (χ0v) is 14.3. The number of hydrogen-bond acceptors (Lipinski definition) is 4. The topological polar surface area (TPSA) is 59.8 Å². The van der Waals surface area contributed by atoms with Gasteiger partial charge in [-0.25, -0.2) is 0 Å².